The predicted octanol–water partition coefficient (Wildman–Crippen LogP) is 2.53. The fraction of sp³-hybridized carbons (Fsp3) is 0.909. The van der Waals surface area contributed by atoms with Crippen molar-refractivity contribution in [1.82, 2.24) is 5.32 Å². The maximum atomic E-state index is 11.6. The summed E-state index contributed by atoms with van der Waals surface area (Å²) in [5.74, 6) is 1.12. The lowest BCUT2D eigenvalue weighted by atomic mass is 9.87. The van der Waals surface area contributed by atoms with Crippen LogP contribution >= 0.6 is 11.8 Å². The van der Waals surface area contributed by atoms with Crippen molar-refractivity contribution < 1.29 is 4.79 Å². The second kappa shape index (κ2) is 3.76. The Morgan fingerprint density at radius 2 is 2.14 bits per heavy atom. The van der Waals surface area contributed by atoms with Gasteiger partial charge in [-0.1, -0.05) is 13.8 Å². The SMILES string of the molecule is CC[C@@H]1SC2(CCC(C)CC2)NC1=O. The molecule has 0 bridgehead atoms. The molecule has 0 aromatic heterocycles. The number of carbonyl (C=O) groups excluding carboxylic acids is 1. The van der Waals surface area contributed by atoms with Crippen molar-refractivity contribution in [3.8, 4) is 0 Å². The first-order valence-electron chi connectivity index (χ1n) is 5.65. The van der Waals surface area contributed by atoms with Gasteiger partial charge in [-0.25, -0.2) is 0 Å². The quantitative estimate of drug-likeness (QED) is 0.725. The number of hydrogen-bond acceptors (Lipinski definition) is 2. The van der Waals surface area contributed by atoms with Gasteiger partial charge in [0.15, 0.2) is 0 Å². The minimum atomic E-state index is 0.115. The third-order valence-corrected chi connectivity index (χ3v) is 5.26. The molecule has 1 amide bonds. The third kappa shape index (κ3) is 1.79. The fourth-order valence-corrected chi connectivity index (χ4v) is 3.91. The van der Waals surface area contributed by atoms with Crippen molar-refractivity contribution in [3.05, 3.63) is 0 Å². The lowest BCUT2D eigenvalue weighted by Crippen LogP contribution is -2.42. The molecule has 2 aliphatic rings. The van der Waals surface area contributed by atoms with E-state index >= 15 is 0 Å². The molecule has 2 fully saturated rings. The lowest BCUT2D eigenvalue weighted by Gasteiger charge is -2.35. The number of amides is 1. The Labute approximate surface area is 90.2 Å². The van der Waals surface area contributed by atoms with E-state index in [-0.39, 0.29) is 16.0 Å². The largest absolute Gasteiger partial charge is 0.341 e. The molecule has 0 aromatic rings. The van der Waals surface area contributed by atoms with Gasteiger partial charge in [-0.15, -0.1) is 11.8 Å². The summed E-state index contributed by atoms with van der Waals surface area (Å²) in [6.07, 6.45) is 5.84. The van der Waals surface area contributed by atoms with Crippen molar-refractivity contribution in [2.75, 3.05) is 0 Å². The Hall–Kier alpha value is -0.180. The van der Waals surface area contributed by atoms with E-state index in [2.05, 4.69) is 19.2 Å². The zero-order chi connectivity index (χ0) is 10.2. The standard InChI is InChI=1S/C11H19NOS/c1-3-9-10(13)12-11(14-9)6-4-8(2)5-7-11/h8-9H,3-7H2,1-2H3,(H,12,13)/t8?,9-,11?/m0/s1. The van der Waals surface area contributed by atoms with Crippen molar-refractivity contribution in [2.24, 2.45) is 5.92 Å². The Bertz CT molecular complexity index is 233. The van der Waals surface area contributed by atoms with Gasteiger partial charge in [0, 0.05) is 0 Å². The molecule has 1 saturated heterocycles. The number of nitrogens with one attached hydrogen (secondary N) is 1. The van der Waals surface area contributed by atoms with E-state index in [1.807, 2.05) is 11.8 Å². The third-order valence-electron chi connectivity index (χ3n) is 3.46. The Balaban J connectivity index is 2.02. The van der Waals surface area contributed by atoms with E-state index in [9.17, 15) is 4.79 Å². The molecule has 2 rings (SSSR count). The lowest BCUT2D eigenvalue weighted by molar-refractivity contribution is -0.120. The summed E-state index contributed by atoms with van der Waals surface area (Å²) in [7, 11) is 0. The van der Waals surface area contributed by atoms with Gasteiger partial charge in [0.25, 0.3) is 0 Å². The Morgan fingerprint density at radius 1 is 1.50 bits per heavy atom. The molecule has 0 unspecified atom stereocenters. The first-order valence-corrected chi connectivity index (χ1v) is 6.53. The average molecular weight is 213 g/mol. The molecule has 0 aromatic carbocycles. The molecule has 1 N–H and O–H groups in total. The number of carbonyl (C=O) groups is 1. The van der Waals surface area contributed by atoms with Gasteiger partial charge in [-0.05, 0) is 38.0 Å². The summed E-state index contributed by atoms with van der Waals surface area (Å²) in [5, 5.41) is 3.43. The van der Waals surface area contributed by atoms with E-state index in [0.29, 0.717) is 0 Å². The van der Waals surface area contributed by atoms with E-state index in [4.69, 9.17) is 0 Å². The normalized spacial score (nSPS) is 42.9. The monoisotopic (exact) mass is 213 g/mol. The summed E-state index contributed by atoms with van der Waals surface area (Å²) in [5.41, 5.74) is 0. The van der Waals surface area contributed by atoms with Gasteiger partial charge in [0.05, 0.1) is 10.1 Å². The average Bonchev–Trinajstić information content (AvgIpc) is 2.49. The van der Waals surface area contributed by atoms with Crippen molar-refractivity contribution >= 4 is 17.7 Å². The number of hydrogen-bond donors (Lipinski definition) is 1. The van der Waals surface area contributed by atoms with Crippen LogP contribution in [0.15, 0.2) is 0 Å². The highest BCUT2D eigenvalue weighted by atomic mass is 32.2. The predicted molar refractivity (Wildman–Crippen MR) is 60.2 cm³/mol. The zero-order valence-electron chi connectivity index (χ0n) is 9.01. The minimum Gasteiger partial charge on any atom is -0.341 e. The van der Waals surface area contributed by atoms with Gasteiger partial charge < -0.3 is 5.32 Å². The summed E-state index contributed by atoms with van der Waals surface area (Å²) in [4.78, 5) is 11.7. The maximum Gasteiger partial charge on any atom is 0.234 e. The van der Waals surface area contributed by atoms with Crippen LogP contribution in [0.1, 0.15) is 46.0 Å². The molecular weight excluding hydrogens is 194 g/mol. The van der Waals surface area contributed by atoms with E-state index in [1.54, 1.807) is 0 Å². The van der Waals surface area contributed by atoms with Gasteiger partial charge in [0.2, 0.25) is 5.91 Å². The van der Waals surface area contributed by atoms with Crippen LogP contribution in [0.25, 0.3) is 0 Å². The molecule has 0 radical (unpaired) electrons. The maximum absolute atomic E-state index is 11.6. The minimum absolute atomic E-state index is 0.115. The molecule has 1 aliphatic carbocycles. The van der Waals surface area contributed by atoms with Gasteiger partial charge in [-0.2, -0.15) is 0 Å². The number of rotatable bonds is 1. The summed E-state index contributed by atoms with van der Waals surface area (Å²) in [6.45, 7) is 4.41. The second-order valence-corrected chi connectivity index (χ2v) is 6.27. The Kier molecular flexibility index (Phi) is 2.78. The topological polar surface area (TPSA) is 29.1 Å². The fourth-order valence-electron chi connectivity index (χ4n) is 2.40. The molecular formula is C11H19NOS. The van der Waals surface area contributed by atoms with E-state index in [0.717, 1.165) is 12.3 Å². The first kappa shape index (κ1) is 10.3. The Morgan fingerprint density at radius 3 is 2.64 bits per heavy atom. The molecule has 2 nitrogen and oxygen atoms in total. The molecule has 80 valence electrons. The van der Waals surface area contributed by atoms with Crippen LogP contribution in [0.3, 0.4) is 0 Å². The van der Waals surface area contributed by atoms with Crippen molar-refractivity contribution in [1.29, 1.82) is 0 Å². The van der Waals surface area contributed by atoms with Crippen molar-refractivity contribution in [3.63, 3.8) is 0 Å². The second-order valence-electron chi connectivity index (χ2n) is 4.68. The summed E-state index contributed by atoms with van der Waals surface area (Å²) in [6, 6.07) is 0. The van der Waals surface area contributed by atoms with E-state index < -0.39 is 0 Å². The molecule has 1 aliphatic heterocycles. The van der Waals surface area contributed by atoms with Crippen LogP contribution < -0.4 is 5.32 Å². The van der Waals surface area contributed by atoms with Crippen LogP contribution in [0.4, 0.5) is 0 Å². The zero-order valence-corrected chi connectivity index (χ0v) is 9.82. The smallest absolute Gasteiger partial charge is 0.234 e. The highest BCUT2D eigenvalue weighted by Crippen LogP contribution is 2.46. The molecule has 1 spiro atoms. The first-order chi connectivity index (χ1) is 6.65. The van der Waals surface area contributed by atoms with Crippen LogP contribution in [0, 0.1) is 5.92 Å². The van der Waals surface area contributed by atoms with Crippen LogP contribution in [-0.2, 0) is 4.79 Å². The highest BCUT2D eigenvalue weighted by molar-refractivity contribution is 8.02. The molecule has 14 heavy (non-hydrogen) atoms. The summed E-state index contributed by atoms with van der Waals surface area (Å²) >= 11 is 1.88. The summed E-state index contributed by atoms with van der Waals surface area (Å²) < 4.78 is 0. The molecule has 3 heteroatoms. The van der Waals surface area contributed by atoms with Crippen LogP contribution in [0.5, 0.6) is 0 Å². The van der Waals surface area contributed by atoms with Crippen LogP contribution in [-0.4, -0.2) is 16.0 Å². The molecule has 1 atom stereocenters. The van der Waals surface area contributed by atoms with Gasteiger partial charge in [0.1, 0.15) is 0 Å². The van der Waals surface area contributed by atoms with Crippen LogP contribution in [0.2, 0.25) is 0 Å². The molecule has 1 heterocycles. The molecule has 1 saturated carbocycles. The van der Waals surface area contributed by atoms with Crippen molar-refractivity contribution in [2.45, 2.75) is 56.1 Å². The highest BCUT2D eigenvalue weighted by Gasteiger charge is 2.45. The van der Waals surface area contributed by atoms with Gasteiger partial charge in [-0.3, -0.25) is 4.79 Å². The van der Waals surface area contributed by atoms with Gasteiger partial charge >= 0.3 is 0 Å². The number of thioether (sulfide) groups is 1. The van der Waals surface area contributed by atoms with E-state index in [1.165, 1.54) is 25.7 Å².